The minimum atomic E-state index is -0.0323. The number of H-pyrrole nitrogens is 1. The van der Waals surface area contributed by atoms with Gasteiger partial charge in [-0.05, 0) is 37.5 Å². The van der Waals surface area contributed by atoms with Gasteiger partial charge >= 0.3 is 5.69 Å². The molecule has 0 bridgehead atoms. The Labute approximate surface area is 167 Å². The minimum absolute atomic E-state index is 0.0323. The van der Waals surface area contributed by atoms with E-state index < -0.39 is 0 Å². The van der Waals surface area contributed by atoms with Gasteiger partial charge in [-0.3, -0.25) is 9.25 Å². The van der Waals surface area contributed by atoms with Crippen LogP contribution in [0.4, 0.5) is 5.95 Å². The summed E-state index contributed by atoms with van der Waals surface area (Å²) in [4.78, 5) is 27.0. The molecule has 8 heteroatoms. The average molecular weight is 389 g/mol. The second-order valence-corrected chi connectivity index (χ2v) is 7.64. The van der Waals surface area contributed by atoms with Crippen LogP contribution in [-0.2, 0) is 7.05 Å². The second kappa shape index (κ2) is 6.88. The maximum atomic E-state index is 12.5. The van der Waals surface area contributed by atoms with Gasteiger partial charge in [0, 0.05) is 44.1 Å². The minimum Gasteiger partial charge on any atom is -0.341 e. The molecule has 4 heterocycles. The maximum Gasteiger partial charge on any atom is 0.326 e. The smallest absolute Gasteiger partial charge is 0.326 e. The molecule has 0 saturated carbocycles. The van der Waals surface area contributed by atoms with E-state index >= 15 is 0 Å². The molecule has 8 nitrogen and oxygen atoms in total. The quantitative estimate of drug-likeness (QED) is 0.582. The first-order valence-electron chi connectivity index (χ1n) is 9.87. The lowest BCUT2D eigenvalue weighted by molar-refractivity contribution is 0.394. The van der Waals surface area contributed by atoms with Gasteiger partial charge in [0.25, 0.3) is 0 Å². The molecule has 0 unspecified atom stereocenters. The molecule has 148 valence electrons. The molecule has 29 heavy (non-hydrogen) atoms. The van der Waals surface area contributed by atoms with Gasteiger partial charge in [-0.25, -0.2) is 14.8 Å². The molecule has 3 aromatic heterocycles. The molecule has 0 atom stereocenters. The Hall–Kier alpha value is -3.42. The zero-order valence-electron chi connectivity index (χ0n) is 16.5. The highest BCUT2D eigenvalue weighted by atomic mass is 16.1. The fraction of sp³-hybridized carbons (Fsp3) is 0.333. The summed E-state index contributed by atoms with van der Waals surface area (Å²) in [7, 11) is 1.90. The van der Waals surface area contributed by atoms with E-state index in [1.54, 1.807) is 4.68 Å². The summed E-state index contributed by atoms with van der Waals surface area (Å²) in [6.45, 7) is 3.64. The van der Waals surface area contributed by atoms with Gasteiger partial charge in [0.2, 0.25) is 5.95 Å². The van der Waals surface area contributed by atoms with Crippen LogP contribution in [0.5, 0.6) is 0 Å². The van der Waals surface area contributed by atoms with Crippen LogP contribution in [0.1, 0.15) is 24.4 Å². The molecule has 1 saturated heterocycles. The lowest BCUT2D eigenvalue weighted by atomic mass is 10.0. The normalized spacial score (nSPS) is 15.3. The van der Waals surface area contributed by atoms with Crippen molar-refractivity contribution in [2.24, 2.45) is 7.05 Å². The highest BCUT2D eigenvalue weighted by molar-refractivity contribution is 5.75. The first-order chi connectivity index (χ1) is 14.1. The number of hydrogen-bond acceptors (Lipinski definition) is 5. The number of anilines is 1. The monoisotopic (exact) mass is 389 g/mol. The number of imidazole rings is 1. The predicted molar refractivity (Wildman–Crippen MR) is 112 cm³/mol. The summed E-state index contributed by atoms with van der Waals surface area (Å²) < 4.78 is 3.69. The first-order valence-corrected chi connectivity index (χ1v) is 9.87. The molecule has 0 spiro atoms. The summed E-state index contributed by atoms with van der Waals surface area (Å²) in [5.74, 6) is 0.735. The van der Waals surface area contributed by atoms with Crippen molar-refractivity contribution in [1.29, 1.82) is 0 Å². The Morgan fingerprint density at radius 2 is 1.93 bits per heavy atom. The Bertz CT molecular complexity index is 1230. The molecule has 0 aliphatic carbocycles. The predicted octanol–water partition coefficient (Wildman–Crippen LogP) is 2.67. The van der Waals surface area contributed by atoms with E-state index in [0.717, 1.165) is 59.7 Å². The summed E-state index contributed by atoms with van der Waals surface area (Å²) in [6.07, 6.45) is 7.42. The van der Waals surface area contributed by atoms with Crippen LogP contribution in [-0.4, -0.2) is 42.4 Å². The lowest BCUT2D eigenvalue weighted by Crippen LogP contribution is -2.37. The lowest BCUT2D eigenvalue weighted by Gasteiger charge is -2.32. The third-order valence-electron chi connectivity index (χ3n) is 5.67. The van der Waals surface area contributed by atoms with E-state index in [4.69, 9.17) is 4.98 Å². The molecule has 1 aliphatic rings. The topological polar surface area (TPSA) is 84.6 Å². The zero-order valence-corrected chi connectivity index (χ0v) is 16.5. The number of fused-ring (bicyclic) bond motifs is 1. The van der Waals surface area contributed by atoms with E-state index in [-0.39, 0.29) is 11.7 Å². The number of piperidine rings is 1. The third kappa shape index (κ3) is 3.10. The fourth-order valence-corrected chi connectivity index (χ4v) is 4.18. The van der Waals surface area contributed by atoms with Crippen molar-refractivity contribution in [2.45, 2.75) is 25.8 Å². The molecule has 1 N–H and O–H groups in total. The number of benzene rings is 1. The molecular weight excluding hydrogens is 366 g/mol. The van der Waals surface area contributed by atoms with E-state index in [1.165, 1.54) is 0 Å². The molecule has 4 aromatic rings. The third-order valence-corrected chi connectivity index (χ3v) is 5.67. The Kier molecular flexibility index (Phi) is 4.19. The summed E-state index contributed by atoms with van der Waals surface area (Å²) in [5, 5.41) is 4.26. The van der Waals surface area contributed by atoms with Crippen LogP contribution < -0.4 is 10.6 Å². The number of aryl methyl sites for hydroxylation is 2. The van der Waals surface area contributed by atoms with Crippen molar-refractivity contribution >= 4 is 17.0 Å². The van der Waals surface area contributed by atoms with Gasteiger partial charge in [0.15, 0.2) is 0 Å². The number of para-hydroxylation sites is 2. The zero-order chi connectivity index (χ0) is 20.0. The van der Waals surface area contributed by atoms with Crippen LogP contribution in [0, 0.1) is 6.92 Å². The number of hydrogen-bond donors (Lipinski definition) is 1. The van der Waals surface area contributed by atoms with Crippen LogP contribution in [0.15, 0.2) is 47.7 Å². The number of aromatic nitrogens is 6. The molecule has 1 aliphatic heterocycles. The van der Waals surface area contributed by atoms with Crippen molar-refractivity contribution in [3.63, 3.8) is 0 Å². The molecule has 0 radical (unpaired) electrons. The van der Waals surface area contributed by atoms with Crippen LogP contribution in [0.25, 0.3) is 22.3 Å². The number of rotatable bonds is 3. The van der Waals surface area contributed by atoms with Crippen LogP contribution >= 0.6 is 0 Å². The van der Waals surface area contributed by atoms with Crippen molar-refractivity contribution < 1.29 is 0 Å². The average Bonchev–Trinajstić information content (AvgIpc) is 3.31. The summed E-state index contributed by atoms with van der Waals surface area (Å²) in [6, 6.07) is 8.05. The standard InChI is InChI=1S/C21H23N7O/c1-14-11-22-20(25-19(14)15-12-23-26(2)13-15)27-9-7-16(8-10-27)28-18-6-4-3-5-17(18)24-21(28)29/h3-6,11-13,16H,7-10H2,1-2H3,(H,24,29). The van der Waals surface area contributed by atoms with Gasteiger partial charge < -0.3 is 9.88 Å². The molecule has 1 aromatic carbocycles. The van der Waals surface area contributed by atoms with Gasteiger partial charge in [-0.1, -0.05) is 12.1 Å². The summed E-state index contributed by atoms with van der Waals surface area (Å²) in [5.41, 5.74) is 4.77. The van der Waals surface area contributed by atoms with Crippen LogP contribution in [0.2, 0.25) is 0 Å². The van der Waals surface area contributed by atoms with Gasteiger partial charge in [0.1, 0.15) is 0 Å². The maximum absolute atomic E-state index is 12.5. The van der Waals surface area contributed by atoms with Crippen LogP contribution in [0.3, 0.4) is 0 Å². The molecule has 1 fully saturated rings. The van der Waals surface area contributed by atoms with Crippen molar-refractivity contribution in [2.75, 3.05) is 18.0 Å². The van der Waals surface area contributed by atoms with Gasteiger partial charge in [-0.2, -0.15) is 5.10 Å². The molecule has 5 rings (SSSR count). The largest absolute Gasteiger partial charge is 0.341 e. The van der Waals surface area contributed by atoms with Gasteiger partial charge in [0.05, 0.1) is 22.9 Å². The van der Waals surface area contributed by atoms with Gasteiger partial charge in [-0.15, -0.1) is 0 Å². The van der Waals surface area contributed by atoms with E-state index in [9.17, 15) is 4.79 Å². The van der Waals surface area contributed by atoms with Crippen molar-refractivity contribution in [3.05, 3.63) is 58.9 Å². The Morgan fingerprint density at radius 3 is 2.69 bits per heavy atom. The van der Waals surface area contributed by atoms with E-state index in [1.807, 2.05) is 61.4 Å². The number of aromatic amines is 1. The highest BCUT2D eigenvalue weighted by Gasteiger charge is 2.25. The Balaban J connectivity index is 1.38. The summed E-state index contributed by atoms with van der Waals surface area (Å²) >= 11 is 0. The van der Waals surface area contributed by atoms with E-state index in [0.29, 0.717) is 0 Å². The Morgan fingerprint density at radius 1 is 1.14 bits per heavy atom. The highest BCUT2D eigenvalue weighted by Crippen LogP contribution is 2.28. The van der Waals surface area contributed by atoms with Crippen molar-refractivity contribution in [3.8, 4) is 11.3 Å². The first kappa shape index (κ1) is 17.7. The molecular formula is C21H23N7O. The SMILES string of the molecule is Cc1cnc(N2CCC(n3c(=O)[nH]c4ccccc43)CC2)nc1-c1cnn(C)c1. The number of nitrogens with zero attached hydrogens (tertiary/aromatic N) is 6. The molecule has 0 amide bonds. The van der Waals surface area contributed by atoms with Crippen molar-refractivity contribution in [1.82, 2.24) is 29.3 Å². The number of nitrogens with one attached hydrogen (secondary N) is 1. The van der Waals surface area contributed by atoms with E-state index in [2.05, 4.69) is 20.0 Å². The second-order valence-electron chi connectivity index (χ2n) is 7.64. The fourth-order valence-electron chi connectivity index (χ4n) is 4.18.